The molecule has 174 valence electrons. The van der Waals surface area contributed by atoms with Crippen molar-refractivity contribution in [1.29, 1.82) is 0 Å². The number of ether oxygens (including phenoxy) is 1. The van der Waals surface area contributed by atoms with Gasteiger partial charge in [0.25, 0.3) is 15.9 Å². The molecule has 5 rings (SSSR count). The Morgan fingerprint density at radius 1 is 1.03 bits per heavy atom. The summed E-state index contributed by atoms with van der Waals surface area (Å²) in [4.78, 5) is 30.0. The van der Waals surface area contributed by atoms with Crippen LogP contribution in [0.1, 0.15) is 44.8 Å². The number of carbonyl (C=O) groups excluding carboxylic acids is 2. The quantitative estimate of drug-likeness (QED) is 0.570. The Balaban J connectivity index is 1.29. The number of hydrogen-bond acceptors (Lipinski definition) is 6. The minimum atomic E-state index is -3.73. The number of benzene rings is 1. The molecule has 2 aromatic heterocycles. The molecule has 8 nitrogen and oxygen atoms in total. The third-order valence-corrected chi connectivity index (χ3v) is 9.78. The molecule has 1 fully saturated rings. The van der Waals surface area contributed by atoms with E-state index in [1.807, 2.05) is 18.2 Å². The predicted molar refractivity (Wildman–Crippen MR) is 125 cm³/mol. The van der Waals surface area contributed by atoms with Gasteiger partial charge >= 0.3 is 5.97 Å². The van der Waals surface area contributed by atoms with Crippen molar-refractivity contribution in [2.45, 2.75) is 29.9 Å². The summed E-state index contributed by atoms with van der Waals surface area (Å²) in [5, 5.41) is 2.60. The van der Waals surface area contributed by atoms with Gasteiger partial charge in [-0.1, -0.05) is 0 Å². The Kier molecular flexibility index (Phi) is 5.75. The molecule has 1 N–H and O–H groups in total. The van der Waals surface area contributed by atoms with E-state index in [0.29, 0.717) is 18.7 Å². The Labute approximate surface area is 196 Å². The Morgan fingerprint density at radius 3 is 2.55 bits per heavy atom. The van der Waals surface area contributed by atoms with Crippen LogP contribution in [-0.2, 0) is 27.6 Å². The second kappa shape index (κ2) is 8.58. The number of sulfonamides is 1. The van der Waals surface area contributed by atoms with Gasteiger partial charge in [0.15, 0.2) is 0 Å². The van der Waals surface area contributed by atoms with Crippen LogP contribution in [0.15, 0.2) is 33.9 Å². The van der Waals surface area contributed by atoms with Crippen LogP contribution in [0.5, 0.6) is 0 Å². The highest BCUT2D eigenvalue weighted by Crippen LogP contribution is 2.30. The number of piperazine rings is 1. The number of rotatable bonds is 4. The summed E-state index contributed by atoms with van der Waals surface area (Å²) in [6, 6.07) is 7.13. The SMILES string of the molecule is COC(=O)c1csc(S(=O)(=O)N2CCN(C(=O)c3ccc4[nH]c5c(c4c3)CCCC5)CC2)c1. The van der Waals surface area contributed by atoms with Crippen LogP contribution in [0, 0.1) is 0 Å². The van der Waals surface area contributed by atoms with E-state index in [4.69, 9.17) is 0 Å². The van der Waals surface area contributed by atoms with Gasteiger partial charge in [0.05, 0.1) is 12.7 Å². The van der Waals surface area contributed by atoms with Crippen LogP contribution >= 0.6 is 11.3 Å². The summed E-state index contributed by atoms with van der Waals surface area (Å²) < 4.78 is 32.1. The van der Waals surface area contributed by atoms with Crippen molar-refractivity contribution in [3.05, 3.63) is 52.0 Å². The van der Waals surface area contributed by atoms with Crippen LogP contribution < -0.4 is 0 Å². The molecule has 1 aliphatic heterocycles. The van der Waals surface area contributed by atoms with Gasteiger partial charge in [0.2, 0.25) is 0 Å². The first-order valence-electron chi connectivity index (χ1n) is 11.0. The molecule has 1 aliphatic carbocycles. The summed E-state index contributed by atoms with van der Waals surface area (Å²) in [7, 11) is -2.47. The normalized spacial score (nSPS) is 17.2. The van der Waals surface area contributed by atoms with E-state index in [-0.39, 0.29) is 28.8 Å². The minimum Gasteiger partial charge on any atom is -0.465 e. The van der Waals surface area contributed by atoms with Gasteiger partial charge in [-0.2, -0.15) is 4.31 Å². The molecule has 0 atom stereocenters. The first-order valence-corrected chi connectivity index (χ1v) is 13.3. The number of amides is 1. The van der Waals surface area contributed by atoms with E-state index in [9.17, 15) is 18.0 Å². The summed E-state index contributed by atoms with van der Waals surface area (Å²) >= 11 is 0.997. The van der Waals surface area contributed by atoms with Crippen LogP contribution in [0.25, 0.3) is 10.9 Å². The van der Waals surface area contributed by atoms with E-state index < -0.39 is 16.0 Å². The maximum Gasteiger partial charge on any atom is 0.338 e. The largest absolute Gasteiger partial charge is 0.465 e. The molecule has 3 heterocycles. The lowest BCUT2D eigenvalue weighted by molar-refractivity contribution is 0.0600. The zero-order valence-electron chi connectivity index (χ0n) is 18.3. The van der Waals surface area contributed by atoms with Crippen LogP contribution in [0.2, 0.25) is 0 Å². The number of nitrogens with one attached hydrogen (secondary N) is 1. The summed E-state index contributed by atoms with van der Waals surface area (Å²) in [5.41, 5.74) is 4.52. The van der Waals surface area contributed by atoms with Gasteiger partial charge in [-0.05, 0) is 55.5 Å². The number of aryl methyl sites for hydroxylation is 2. The number of H-pyrrole nitrogens is 1. The summed E-state index contributed by atoms with van der Waals surface area (Å²) in [5.74, 6) is -0.646. The van der Waals surface area contributed by atoms with Crippen molar-refractivity contribution in [3.8, 4) is 0 Å². The fourth-order valence-corrected chi connectivity index (χ4v) is 7.38. The molecule has 33 heavy (non-hydrogen) atoms. The van der Waals surface area contributed by atoms with Crippen LogP contribution in [0.3, 0.4) is 0 Å². The van der Waals surface area contributed by atoms with E-state index >= 15 is 0 Å². The fourth-order valence-electron chi connectivity index (χ4n) is 4.66. The lowest BCUT2D eigenvalue weighted by Crippen LogP contribution is -2.50. The second-order valence-electron chi connectivity index (χ2n) is 8.39. The number of aromatic amines is 1. The predicted octanol–water partition coefficient (Wildman–Crippen LogP) is 3.04. The van der Waals surface area contributed by atoms with Crippen molar-refractivity contribution in [1.82, 2.24) is 14.2 Å². The number of nitrogens with zero attached hydrogens (tertiary/aromatic N) is 2. The van der Waals surface area contributed by atoms with E-state index in [1.165, 1.54) is 47.0 Å². The molecule has 0 radical (unpaired) electrons. The third-order valence-electron chi connectivity index (χ3n) is 6.46. The lowest BCUT2D eigenvalue weighted by Gasteiger charge is -2.33. The maximum atomic E-state index is 13.2. The van der Waals surface area contributed by atoms with Gasteiger partial charge in [-0.25, -0.2) is 13.2 Å². The molecular formula is C23H25N3O5S2. The topological polar surface area (TPSA) is 99.8 Å². The highest BCUT2D eigenvalue weighted by molar-refractivity contribution is 7.91. The lowest BCUT2D eigenvalue weighted by atomic mass is 9.95. The molecule has 0 bridgehead atoms. The van der Waals surface area contributed by atoms with Crippen molar-refractivity contribution >= 4 is 44.1 Å². The van der Waals surface area contributed by atoms with Crippen molar-refractivity contribution < 1.29 is 22.7 Å². The molecule has 3 aromatic rings. The second-order valence-corrected chi connectivity index (χ2v) is 11.5. The van der Waals surface area contributed by atoms with Crippen LogP contribution in [0.4, 0.5) is 0 Å². The van der Waals surface area contributed by atoms with Crippen molar-refractivity contribution in [2.24, 2.45) is 0 Å². The first kappa shape index (κ1) is 22.1. The van der Waals surface area contributed by atoms with Gasteiger partial charge in [-0.15, -0.1) is 11.3 Å². The Hall–Kier alpha value is -2.69. The standard InChI is InChI=1S/C23H25N3O5S2/c1-31-23(28)16-13-21(32-14-16)33(29,30)26-10-8-25(9-11-26)22(27)15-6-7-20-18(12-15)17-4-2-3-5-19(17)24-20/h6-7,12-14,24H,2-5,8-11H2,1H3. The van der Waals surface area contributed by atoms with Crippen molar-refractivity contribution in [3.63, 3.8) is 0 Å². The zero-order chi connectivity index (χ0) is 23.2. The van der Waals surface area contributed by atoms with Gasteiger partial charge < -0.3 is 14.6 Å². The van der Waals surface area contributed by atoms with Gasteiger partial charge in [-0.3, -0.25) is 4.79 Å². The number of fused-ring (bicyclic) bond motifs is 3. The number of carbonyl (C=O) groups is 2. The fraction of sp³-hybridized carbons (Fsp3) is 0.391. The number of hydrogen-bond donors (Lipinski definition) is 1. The van der Waals surface area contributed by atoms with Gasteiger partial charge in [0, 0.05) is 53.7 Å². The molecule has 2 aliphatic rings. The minimum absolute atomic E-state index is 0.0798. The van der Waals surface area contributed by atoms with Gasteiger partial charge in [0.1, 0.15) is 4.21 Å². The summed E-state index contributed by atoms with van der Waals surface area (Å²) in [6.07, 6.45) is 4.44. The third kappa shape index (κ3) is 3.96. The molecule has 1 amide bonds. The molecule has 0 saturated carbocycles. The monoisotopic (exact) mass is 487 g/mol. The Bertz CT molecular complexity index is 1330. The first-order chi connectivity index (χ1) is 15.9. The molecule has 1 saturated heterocycles. The Morgan fingerprint density at radius 2 is 1.79 bits per heavy atom. The maximum absolute atomic E-state index is 13.2. The molecule has 10 heteroatoms. The average molecular weight is 488 g/mol. The van der Waals surface area contributed by atoms with Crippen LogP contribution in [-0.4, -0.2) is 67.8 Å². The van der Waals surface area contributed by atoms with Crippen molar-refractivity contribution in [2.75, 3.05) is 33.3 Å². The van der Waals surface area contributed by atoms with E-state index in [2.05, 4.69) is 9.72 Å². The zero-order valence-corrected chi connectivity index (χ0v) is 19.9. The average Bonchev–Trinajstić information content (AvgIpc) is 3.48. The van der Waals surface area contributed by atoms with E-state index in [1.54, 1.807) is 4.90 Å². The summed E-state index contributed by atoms with van der Waals surface area (Å²) in [6.45, 7) is 1.05. The number of esters is 1. The number of methoxy groups -OCH3 is 1. The molecular weight excluding hydrogens is 462 g/mol. The molecule has 0 unspecified atom stereocenters. The van der Waals surface area contributed by atoms with E-state index in [0.717, 1.165) is 35.1 Å². The smallest absolute Gasteiger partial charge is 0.338 e. The molecule has 0 spiro atoms. The highest BCUT2D eigenvalue weighted by atomic mass is 32.2. The highest BCUT2D eigenvalue weighted by Gasteiger charge is 2.32. The number of aromatic nitrogens is 1. The molecule has 1 aromatic carbocycles. The number of thiophene rings is 1.